The number of nitrogens with one attached hydrogen (secondary N) is 1. The van der Waals surface area contributed by atoms with Crippen molar-refractivity contribution in [1.82, 2.24) is 0 Å². The molecule has 1 aromatic carbocycles. The lowest BCUT2D eigenvalue weighted by Crippen LogP contribution is -2.52. The minimum Gasteiger partial charge on any atom is -0.488 e. The number of aliphatic hydroxyl groups is 1. The van der Waals surface area contributed by atoms with Crippen molar-refractivity contribution in [1.29, 1.82) is 0 Å². The molecule has 1 aliphatic rings. The van der Waals surface area contributed by atoms with Gasteiger partial charge in [0.15, 0.2) is 5.76 Å². The summed E-state index contributed by atoms with van der Waals surface area (Å²) in [6.07, 6.45) is -3.90. The van der Waals surface area contributed by atoms with Crippen LogP contribution in [0.3, 0.4) is 0 Å². The normalized spacial score (nSPS) is 16.1. The van der Waals surface area contributed by atoms with Crippen LogP contribution in [0.5, 0.6) is 5.75 Å². The first-order valence-corrected chi connectivity index (χ1v) is 7.10. The lowest BCUT2D eigenvalue weighted by atomic mass is 10.0. The molecule has 25 heavy (non-hydrogen) atoms. The number of carbonyl (C=O) groups is 2. The number of ether oxygens (including phenoxy) is 1. The molecule has 2 heterocycles. The quantitative estimate of drug-likeness (QED) is 0.865. The summed E-state index contributed by atoms with van der Waals surface area (Å²) in [5, 5.41) is 11.4. The standard InChI is InChI=1S/C16H12F3NO5/c1-15(23,16(17,18)19)14(22)20-9-3-2-4-10-11(9)12(21)13-8(7-25-10)5-6-24-13/h2-6,23H,7H2,1H3,(H,20,22). The molecule has 1 aromatic heterocycles. The lowest BCUT2D eigenvalue weighted by Gasteiger charge is -2.25. The highest BCUT2D eigenvalue weighted by Gasteiger charge is 2.56. The van der Waals surface area contributed by atoms with Gasteiger partial charge in [-0.15, -0.1) is 0 Å². The maximum Gasteiger partial charge on any atom is 0.426 e. The first-order valence-electron chi connectivity index (χ1n) is 7.10. The molecule has 0 saturated heterocycles. The smallest absolute Gasteiger partial charge is 0.426 e. The van der Waals surface area contributed by atoms with Crippen molar-refractivity contribution in [2.75, 3.05) is 5.32 Å². The number of hydrogen-bond donors (Lipinski definition) is 2. The fourth-order valence-corrected chi connectivity index (χ4v) is 2.28. The number of fused-ring (bicyclic) bond motifs is 2. The number of alkyl halides is 3. The van der Waals surface area contributed by atoms with Gasteiger partial charge in [0.2, 0.25) is 11.4 Å². The maximum atomic E-state index is 12.8. The van der Waals surface area contributed by atoms with Crippen LogP contribution in [0.2, 0.25) is 0 Å². The number of anilines is 1. The van der Waals surface area contributed by atoms with Gasteiger partial charge in [0.1, 0.15) is 12.4 Å². The highest BCUT2D eigenvalue weighted by atomic mass is 19.4. The van der Waals surface area contributed by atoms with Gasteiger partial charge in [-0.25, -0.2) is 0 Å². The van der Waals surface area contributed by atoms with E-state index in [-0.39, 0.29) is 29.4 Å². The average molecular weight is 355 g/mol. The third-order valence-electron chi connectivity index (χ3n) is 3.83. The third-order valence-corrected chi connectivity index (χ3v) is 3.83. The van der Waals surface area contributed by atoms with Gasteiger partial charge < -0.3 is 19.6 Å². The summed E-state index contributed by atoms with van der Waals surface area (Å²) >= 11 is 0. The van der Waals surface area contributed by atoms with Gasteiger partial charge in [-0.3, -0.25) is 9.59 Å². The highest BCUT2D eigenvalue weighted by Crippen LogP contribution is 2.36. The van der Waals surface area contributed by atoms with Crippen LogP contribution in [0.15, 0.2) is 34.9 Å². The zero-order chi connectivity index (χ0) is 18.4. The van der Waals surface area contributed by atoms with Crippen LogP contribution < -0.4 is 10.1 Å². The largest absolute Gasteiger partial charge is 0.488 e. The van der Waals surface area contributed by atoms with Gasteiger partial charge in [0.25, 0.3) is 5.91 Å². The Morgan fingerprint density at radius 2 is 2.00 bits per heavy atom. The summed E-state index contributed by atoms with van der Waals surface area (Å²) < 4.78 is 49.0. The van der Waals surface area contributed by atoms with Crippen molar-refractivity contribution >= 4 is 17.4 Å². The number of rotatable bonds is 2. The Hall–Kier alpha value is -2.81. The molecule has 0 spiro atoms. The van der Waals surface area contributed by atoms with E-state index in [9.17, 15) is 27.9 Å². The van der Waals surface area contributed by atoms with E-state index >= 15 is 0 Å². The van der Waals surface area contributed by atoms with Crippen LogP contribution in [0.4, 0.5) is 18.9 Å². The molecule has 9 heteroatoms. The summed E-state index contributed by atoms with van der Waals surface area (Å²) in [5.74, 6) is -2.30. The Kier molecular flexibility index (Phi) is 3.83. The van der Waals surface area contributed by atoms with E-state index in [0.29, 0.717) is 12.5 Å². The molecule has 1 amide bonds. The molecule has 2 N–H and O–H groups in total. The van der Waals surface area contributed by atoms with Crippen LogP contribution in [-0.4, -0.2) is 28.6 Å². The summed E-state index contributed by atoms with van der Waals surface area (Å²) in [5.41, 5.74) is -3.52. The van der Waals surface area contributed by atoms with Crippen molar-refractivity contribution < 1.29 is 37.0 Å². The van der Waals surface area contributed by atoms with Gasteiger partial charge in [-0.05, 0) is 25.1 Å². The minimum absolute atomic E-state index is 0.0250. The van der Waals surface area contributed by atoms with E-state index in [1.807, 2.05) is 5.32 Å². The second-order valence-electron chi connectivity index (χ2n) is 5.60. The predicted octanol–water partition coefficient (Wildman–Crippen LogP) is 2.65. The maximum absolute atomic E-state index is 12.8. The van der Waals surface area contributed by atoms with Gasteiger partial charge in [0.05, 0.1) is 17.5 Å². The van der Waals surface area contributed by atoms with Crippen molar-refractivity contribution in [3.8, 4) is 5.75 Å². The second-order valence-corrected chi connectivity index (χ2v) is 5.60. The van der Waals surface area contributed by atoms with Crippen molar-refractivity contribution in [3.05, 3.63) is 47.4 Å². The fraction of sp³-hybridized carbons (Fsp3) is 0.250. The number of carbonyl (C=O) groups excluding carboxylic acids is 2. The zero-order valence-electron chi connectivity index (χ0n) is 12.8. The lowest BCUT2D eigenvalue weighted by molar-refractivity contribution is -0.242. The zero-order valence-corrected chi connectivity index (χ0v) is 12.8. The van der Waals surface area contributed by atoms with Gasteiger partial charge in [-0.1, -0.05) is 6.07 Å². The molecule has 1 atom stereocenters. The number of ketones is 1. The van der Waals surface area contributed by atoms with Crippen LogP contribution >= 0.6 is 0 Å². The summed E-state index contributed by atoms with van der Waals surface area (Å²) in [6, 6.07) is 5.61. The molecule has 1 aliphatic heterocycles. The van der Waals surface area contributed by atoms with Crippen LogP contribution in [0.1, 0.15) is 28.6 Å². The van der Waals surface area contributed by atoms with E-state index < -0.39 is 23.5 Å². The van der Waals surface area contributed by atoms with E-state index in [1.54, 1.807) is 0 Å². The molecule has 0 fully saturated rings. The third kappa shape index (κ3) is 2.76. The van der Waals surface area contributed by atoms with Crippen LogP contribution in [0.25, 0.3) is 0 Å². The van der Waals surface area contributed by atoms with Crippen LogP contribution in [0, 0.1) is 0 Å². The Labute approximate surface area is 139 Å². The van der Waals surface area contributed by atoms with Gasteiger partial charge in [0, 0.05) is 5.56 Å². The number of furan rings is 1. The van der Waals surface area contributed by atoms with Gasteiger partial charge in [-0.2, -0.15) is 13.2 Å². The molecule has 6 nitrogen and oxygen atoms in total. The monoisotopic (exact) mass is 355 g/mol. The number of benzene rings is 1. The Balaban J connectivity index is 2.01. The molecule has 0 saturated carbocycles. The topological polar surface area (TPSA) is 88.8 Å². The first kappa shape index (κ1) is 17.0. The molecular formula is C16H12F3NO5. The molecule has 1 unspecified atom stereocenters. The molecule has 0 radical (unpaired) electrons. The molecule has 2 aromatic rings. The summed E-state index contributed by atoms with van der Waals surface area (Å²) in [7, 11) is 0. The molecular weight excluding hydrogens is 343 g/mol. The molecule has 3 rings (SSSR count). The SMILES string of the molecule is CC(O)(C(=O)Nc1cccc2c1C(=O)c1occc1CO2)C(F)(F)F. The molecule has 0 bridgehead atoms. The average Bonchev–Trinajstić information content (AvgIpc) is 2.95. The van der Waals surface area contributed by atoms with Crippen molar-refractivity contribution in [2.24, 2.45) is 0 Å². The fourth-order valence-electron chi connectivity index (χ4n) is 2.28. The number of hydrogen-bond acceptors (Lipinski definition) is 5. The van der Waals surface area contributed by atoms with Crippen molar-refractivity contribution in [3.63, 3.8) is 0 Å². The second kappa shape index (κ2) is 5.62. The Morgan fingerprint density at radius 3 is 2.68 bits per heavy atom. The minimum atomic E-state index is -5.18. The van der Waals surface area contributed by atoms with E-state index in [1.165, 1.54) is 30.5 Å². The number of amides is 1. The first-order chi connectivity index (χ1) is 11.6. The Morgan fingerprint density at radius 1 is 1.28 bits per heavy atom. The summed E-state index contributed by atoms with van der Waals surface area (Å²) in [6.45, 7) is 0.356. The predicted molar refractivity (Wildman–Crippen MR) is 78.2 cm³/mol. The number of halogens is 3. The molecule has 132 valence electrons. The van der Waals surface area contributed by atoms with E-state index in [4.69, 9.17) is 9.15 Å². The van der Waals surface area contributed by atoms with E-state index in [0.717, 1.165) is 0 Å². The Bertz CT molecular complexity index is 854. The molecule has 0 aliphatic carbocycles. The summed E-state index contributed by atoms with van der Waals surface area (Å²) in [4.78, 5) is 24.5. The highest BCUT2D eigenvalue weighted by molar-refractivity contribution is 6.15. The van der Waals surface area contributed by atoms with E-state index in [2.05, 4.69) is 0 Å². The van der Waals surface area contributed by atoms with Crippen LogP contribution in [-0.2, 0) is 11.4 Å². The van der Waals surface area contributed by atoms with Gasteiger partial charge >= 0.3 is 6.18 Å². The van der Waals surface area contributed by atoms with Crippen molar-refractivity contribution in [2.45, 2.75) is 25.3 Å².